The van der Waals surface area contributed by atoms with E-state index in [9.17, 15) is 18.0 Å². The lowest BCUT2D eigenvalue weighted by atomic mass is 10.2. The molecule has 0 aliphatic heterocycles. The molecule has 0 radical (unpaired) electrons. The highest BCUT2D eigenvalue weighted by molar-refractivity contribution is 5.92. The standard InChI is InChI=1S/C15H18F3N3O2/c1-4-6-7-12(23-3)10(5-2)9-19-14(22)11-8-13(21-20-11)15(16,17)18/h5-8H,2,4,9H2,1,3H3,(H,19,22)(H,20,21)/b7-6-,12-10-. The van der Waals surface area contributed by atoms with Gasteiger partial charge in [-0.15, -0.1) is 0 Å². The van der Waals surface area contributed by atoms with Crippen molar-refractivity contribution in [2.45, 2.75) is 19.5 Å². The largest absolute Gasteiger partial charge is 0.496 e. The highest BCUT2D eigenvalue weighted by Gasteiger charge is 2.33. The number of carbonyl (C=O) groups excluding carboxylic acids is 1. The Kier molecular flexibility index (Phi) is 6.62. The summed E-state index contributed by atoms with van der Waals surface area (Å²) in [5.74, 6) is -0.216. The normalized spacial score (nSPS) is 12.9. The predicted octanol–water partition coefficient (Wildman–Crippen LogP) is 3.21. The van der Waals surface area contributed by atoms with Gasteiger partial charge in [-0.05, 0) is 12.5 Å². The molecule has 0 atom stereocenters. The zero-order valence-electron chi connectivity index (χ0n) is 12.8. The van der Waals surface area contributed by atoms with Gasteiger partial charge in [-0.25, -0.2) is 0 Å². The predicted molar refractivity (Wildman–Crippen MR) is 79.6 cm³/mol. The fourth-order valence-electron chi connectivity index (χ4n) is 1.64. The fraction of sp³-hybridized carbons (Fsp3) is 0.333. The minimum Gasteiger partial charge on any atom is -0.496 e. The van der Waals surface area contributed by atoms with Crippen LogP contribution in [0.2, 0.25) is 0 Å². The Bertz CT molecular complexity index is 616. The molecule has 2 N–H and O–H groups in total. The van der Waals surface area contributed by atoms with Crippen LogP contribution in [0.5, 0.6) is 0 Å². The molecule has 0 aliphatic rings. The van der Waals surface area contributed by atoms with Gasteiger partial charge in [-0.2, -0.15) is 18.3 Å². The number of aromatic amines is 1. The molecular formula is C15H18F3N3O2. The maximum atomic E-state index is 12.5. The molecule has 1 rings (SSSR count). The maximum absolute atomic E-state index is 12.5. The van der Waals surface area contributed by atoms with Crippen LogP contribution in [0.25, 0.3) is 0 Å². The number of aromatic nitrogens is 2. The van der Waals surface area contributed by atoms with E-state index in [0.29, 0.717) is 17.4 Å². The van der Waals surface area contributed by atoms with Crippen LogP contribution in [0, 0.1) is 0 Å². The summed E-state index contributed by atoms with van der Waals surface area (Å²) < 4.78 is 42.6. The van der Waals surface area contributed by atoms with Crippen molar-refractivity contribution >= 4 is 5.91 Å². The summed E-state index contributed by atoms with van der Waals surface area (Å²) in [5, 5.41) is 7.62. The molecule has 0 bridgehead atoms. The molecule has 1 amide bonds. The second-order valence-electron chi connectivity index (χ2n) is 4.46. The molecule has 126 valence electrons. The number of amides is 1. The summed E-state index contributed by atoms with van der Waals surface area (Å²) in [6, 6.07) is 0.654. The molecule has 0 fully saturated rings. The highest BCUT2D eigenvalue weighted by atomic mass is 19.4. The van der Waals surface area contributed by atoms with Crippen molar-refractivity contribution < 1.29 is 22.7 Å². The molecule has 1 heterocycles. The van der Waals surface area contributed by atoms with E-state index in [1.807, 2.05) is 13.0 Å². The van der Waals surface area contributed by atoms with E-state index in [1.165, 1.54) is 13.2 Å². The van der Waals surface area contributed by atoms with E-state index in [-0.39, 0.29) is 12.2 Å². The van der Waals surface area contributed by atoms with Gasteiger partial charge in [0, 0.05) is 18.2 Å². The zero-order valence-corrected chi connectivity index (χ0v) is 12.8. The van der Waals surface area contributed by atoms with Gasteiger partial charge in [0.05, 0.1) is 7.11 Å². The number of alkyl halides is 3. The van der Waals surface area contributed by atoms with Crippen molar-refractivity contribution in [3.05, 3.63) is 53.6 Å². The van der Waals surface area contributed by atoms with E-state index in [1.54, 1.807) is 11.2 Å². The molecule has 0 aromatic carbocycles. The summed E-state index contributed by atoms with van der Waals surface area (Å²) in [5.41, 5.74) is -0.827. The molecule has 0 aliphatic carbocycles. The van der Waals surface area contributed by atoms with Gasteiger partial charge in [-0.3, -0.25) is 9.89 Å². The number of H-pyrrole nitrogens is 1. The fourth-order valence-corrected chi connectivity index (χ4v) is 1.64. The van der Waals surface area contributed by atoms with Crippen LogP contribution in [0.15, 0.2) is 42.2 Å². The first-order valence-corrected chi connectivity index (χ1v) is 6.80. The van der Waals surface area contributed by atoms with Gasteiger partial charge in [0.25, 0.3) is 5.91 Å². The maximum Gasteiger partial charge on any atom is 0.432 e. The minimum absolute atomic E-state index is 0.0494. The molecule has 0 unspecified atom stereocenters. The number of nitrogens with zero attached hydrogens (tertiary/aromatic N) is 1. The van der Waals surface area contributed by atoms with Crippen LogP contribution in [-0.4, -0.2) is 29.8 Å². The Hall–Kier alpha value is -2.51. The molecule has 5 nitrogen and oxygen atoms in total. The van der Waals surface area contributed by atoms with Gasteiger partial charge in [0.2, 0.25) is 0 Å². The number of rotatable bonds is 7. The number of hydrogen-bond donors (Lipinski definition) is 2. The quantitative estimate of drug-likeness (QED) is 0.596. The van der Waals surface area contributed by atoms with Gasteiger partial charge >= 0.3 is 6.18 Å². The van der Waals surface area contributed by atoms with E-state index >= 15 is 0 Å². The molecule has 0 saturated carbocycles. The van der Waals surface area contributed by atoms with Crippen LogP contribution >= 0.6 is 0 Å². The van der Waals surface area contributed by atoms with Crippen LogP contribution in [0.1, 0.15) is 29.5 Å². The van der Waals surface area contributed by atoms with Gasteiger partial charge in [0.1, 0.15) is 11.5 Å². The second-order valence-corrected chi connectivity index (χ2v) is 4.46. The SMILES string of the molecule is C=C/C(CNC(=O)c1cc(C(F)(F)F)[nH]n1)=C(\C=C/CC)OC. The average molecular weight is 329 g/mol. The summed E-state index contributed by atoms with van der Waals surface area (Å²) in [4.78, 5) is 11.9. The van der Waals surface area contributed by atoms with Gasteiger partial charge < -0.3 is 10.1 Å². The molecule has 0 saturated heterocycles. The van der Waals surface area contributed by atoms with Crippen molar-refractivity contribution in [1.29, 1.82) is 0 Å². The highest BCUT2D eigenvalue weighted by Crippen LogP contribution is 2.27. The lowest BCUT2D eigenvalue weighted by Crippen LogP contribution is -2.26. The van der Waals surface area contributed by atoms with E-state index in [2.05, 4.69) is 17.0 Å². The van der Waals surface area contributed by atoms with Crippen molar-refractivity contribution in [2.24, 2.45) is 0 Å². The zero-order chi connectivity index (χ0) is 17.5. The Morgan fingerprint density at radius 2 is 2.22 bits per heavy atom. The van der Waals surface area contributed by atoms with E-state index < -0.39 is 17.8 Å². The Morgan fingerprint density at radius 3 is 2.70 bits per heavy atom. The number of hydrogen-bond acceptors (Lipinski definition) is 3. The summed E-state index contributed by atoms with van der Waals surface area (Å²) in [6.07, 6.45) is 1.33. The molecule has 23 heavy (non-hydrogen) atoms. The number of allylic oxidation sites excluding steroid dienone is 2. The van der Waals surface area contributed by atoms with Crippen LogP contribution < -0.4 is 5.32 Å². The Labute approximate surface area is 131 Å². The van der Waals surface area contributed by atoms with Crippen molar-refractivity contribution in [3.8, 4) is 0 Å². The number of ether oxygens (including phenoxy) is 1. The second kappa shape index (κ2) is 8.21. The topological polar surface area (TPSA) is 67.0 Å². The molecule has 8 heteroatoms. The number of carbonyl (C=O) groups is 1. The molecule has 0 spiro atoms. The summed E-state index contributed by atoms with van der Waals surface area (Å²) >= 11 is 0. The van der Waals surface area contributed by atoms with Crippen molar-refractivity contribution in [3.63, 3.8) is 0 Å². The molecular weight excluding hydrogens is 311 g/mol. The van der Waals surface area contributed by atoms with Crippen molar-refractivity contribution in [2.75, 3.05) is 13.7 Å². The van der Waals surface area contributed by atoms with E-state index in [0.717, 1.165) is 6.42 Å². The average Bonchev–Trinajstić information content (AvgIpc) is 3.00. The summed E-state index contributed by atoms with van der Waals surface area (Å²) in [6.45, 7) is 5.63. The minimum atomic E-state index is -4.58. The van der Waals surface area contributed by atoms with E-state index in [4.69, 9.17) is 4.74 Å². The third-order valence-electron chi connectivity index (χ3n) is 2.84. The van der Waals surface area contributed by atoms with Crippen LogP contribution in [-0.2, 0) is 10.9 Å². The van der Waals surface area contributed by atoms with Crippen LogP contribution in [0.3, 0.4) is 0 Å². The van der Waals surface area contributed by atoms with Crippen LogP contribution in [0.4, 0.5) is 13.2 Å². The van der Waals surface area contributed by atoms with Gasteiger partial charge in [0.15, 0.2) is 5.69 Å². The lowest BCUT2D eigenvalue weighted by Gasteiger charge is -2.09. The van der Waals surface area contributed by atoms with Crippen molar-refractivity contribution in [1.82, 2.24) is 15.5 Å². The number of nitrogens with one attached hydrogen (secondary N) is 2. The third kappa shape index (κ3) is 5.32. The Balaban J connectivity index is 2.81. The van der Waals surface area contributed by atoms with Gasteiger partial charge in [-0.1, -0.05) is 25.7 Å². The number of methoxy groups -OCH3 is 1. The monoisotopic (exact) mass is 329 g/mol. The first-order chi connectivity index (χ1) is 10.8. The third-order valence-corrected chi connectivity index (χ3v) is 2.84. The lowest BCUT2D eigenvalue weighted by molar-refractivity contribution is -0.141. The molecule has 1 aromatic heterocycles. The smallest absolute Gasteiger partial charge is 0.432 e. The molecule has 1 aromatic rings. The first kappa shape index (κ1) is 18.5. The number of halogens is 3. The summed E-state index contributed by atoms with van der Waals surface area (Å²) in [7, 11) is 1.48. The Morgan fingerprint density at radius 1 is 1.52 bits per heavy atom. The first-order valence-electron chi connectivity index (χ1n) is 6.80.